The second-order valence-electron chi connectivity index (χ2n) is 6.05. The number of halogens is 1. The fraction of sp³-hybridized carbons (Fsp3) is 0.278. The molecule has 0 unspecified atom stereocenters. The molecule has 0 aliphatic heterocycles. The molecular formula is C18H17FN2O3. The second kappa shape index (κ2) is 6.39. The monoisotopic (exact) mass is 328 g/mol. The molecule has 124 valence electrons. The van der Waals surface area contributed by atoms with E-state index in [-0.39, 0.29) is 23.5 Å². The Bertz CT molecular complexity index is 803. The van der Waals surface area contributed by atoms with Crippen LogP contribution in [0.2, 0.25) is 0 Å². The molecule has 6 heteroatoms. The topological polar surface area (TPSA) is 63.5 Å². The second-order valence-corrected chi connectivity index (χ2v) is 6.05. The summed E-state index contributed by atoms with van der Waals surface area (Å²) in [6.45, 7) is 1.94. The maximum Gasteiger partial charge on any atom is 0.272 e. The Morgan fingerprint density at radius 3 is 2.62 bits per heavy atom. The standard InChI is InChI=1S/C18H17FN2O3/c1-12-9-14(5-8-17(12)21(23)24)18(22)20(16-6-7-16)11-13-3-2-4-15(19)10-13/h2-5,8-10,16H,6-7,11H2,1H3. The number of hydrogen-bond donors (Lipinski definition) is 0. The van der Waals surface area contributed by atoms with Crippen LogP contribution in [0.25, 0.3) is 0 Å². The predicted octanol–water partition coefficient (Wildman–Crippen LogP) is 3.85. The van der Waals surface area contributed by atoms with Gasteiger partial charge in [0.1, 0.15) is 5.82 Å². The van der Waals surface area contributed by atoms with Crippen molar-refractivity contribution in [3.05, 3.63) is 75.1 Å². The lowest BCUT2D eigenvalue weighted by Crippen LogP contribution is -2.32. The molecule has 0 N–H and O–H groups in total. The highest BCUT2D eigenvalue weighted by molar-refractivity contribution is 5.95. The van der Waals surface area contributed by atoms with Crippen LogP contribution in [0.1, 0.15) is 34.3 Å². The summed E-state index contributed by atoms with van der Waals surface area (Å²) in [5.41, 5.74) is 1.59. The average Bonchev–Trinajstić information content (AvgIpc) is 3.36. The average molecular weight is 328 g/mol. The molecule has 1 saturated carbocycles. The fourth-order valence-electron chi connectivity index (χ4n) is 2.74. The van der Waals surface area contributed by atoms with Crippen LogP contribution in [0.4, 0.5) is 10.1 Å². The number of benzene rings is 2. The summed E-state index contributed by atoms with van der Waals surface area (Å²) in [6, 6.07) is 10.7. The minimum Gasteiger partial charge on any atom is -0.331 e. The van der Waals surface area contributed by atoms with E-state index >= 15 is 0 Å². The molecule has 2 aromatic carbocycles. The van der Waals surface area contributed by atoms with Crippen LogP contribution in [-0.2, 0) is 6.54 Å². The van der Waals surface area contributed by atoms with Crippen LogP contribution in [0.15, 0.2) is 42.5 Å². The molecule has 24 heavy (non-hydrogen) atoms. The molecule has 2 aromatic rings. The summed E-state index contributed by atoms with van der Waals surface area (Å²) in [4.78, 5) is 25.0. The van der Waals surface area contributed by atoms with Crippen LogP contribution in [0, 0.1) is 22.9 Å². The van der Waals surface area contributed by atoms with Gasteiger partial charge in [0.05, 0.1) is 4.92 Å². The lowest BCUT2D eigenvalue weighted by molar-refractivity contribution is -0.385. The number of nitro groups is 1. The van der Waals surface area contributed by atoms with Gasteiger partial charge < -0.3 is 4.90 Å². The van der Waals surface area contributed by atoms with Crippen molar-refractivity contribution in [3.8, 4) is 0 Å². The van der Waals surface area contributed by atoms with E-state index in [0.29, 0.717) is 17.7 Å². The van der Waals surface area contributed by atoms with Crippen molar-refractivity contribution in [2.24, 2.45) is 0 Å². The van der Waals surface area contributed by atoms with Crippen LogP contribution in [-0.4, -0.2) is 21.8 Å². The summed E-state index contributed by atoms with van der Waals surface area (Å²) in [5.74, 6) is -0.512. The van der Waals surface area contributed by atoms with E-state index in [1.165, 1.54) is 24.3 Å². The first kappa shape index (κ1) is 16.1. The number of carbonyl (C=O) groups excluding carboxylic acids is 1. The molecule has 0 atom stereocenters. The zero-order valence-electron chi connectivity index (χ0n) is 13.2. The summed E-state index contributed by atoms with van der Waals surface area (Å²) in [5, 5.41) is 10.9. The minimum absolute atomic E-state index is 0.00495. The molecule has 0 saturated heterocycles. The zero-order valence-corrected chi connectivity index (χ0v) is 13.2. The fourth-order valence-corrected chi connectivity index (χ4v) is 2.74. The number of nitro benzene ring substituents is 1. The Labute approximate surface area is 138 Å². The van der Waals surface area contributed by atoms with Crippen molar-refractivity contribution < 1.29 is 14.1 Å². The molecule has 1 aliphatic rings. The summed E-state index contributed by atoms with van der Waals surface area (Å²) in [7, 11) is 0. The first-order valence-corrected chi connectivity index (χ1v) is 7.76. The van der Waals surface area contributed by atoms with Gasteiger partial charge in [0.2, 0.25) is 0 Å². The van der Waals surface area contributed by atoms with Crippen LogP contribution in [0.5, 0.6) is 0 Å². The van der Waals surface area contributed by atoms with E-state index in [4.69, 9.17) is 0 Å². The Hall–Kier alpha value is -2.76. The van der Waals surface area contributed by atoms with Crippen molar-refractivity contribution >= 4 is 11.6 Å². The normalized spacial score (nSPS) is 13.6. The van der Waals surface area contributed by atoms with Gasteiger partial charge in [0.25, 0.3) is 11.6 Å². The van der Waals surface area contributed by atoms with Gasteiger partial charge in [0, 0.05) is 29.8 Å². The van der Waals surface area contributed by atoms with Gasteiger partial charge in [-0.2, -0.15) is 0 Å². The Morgan fingerprint density at radius 2 is 2.04 bits per heavy atom. The highest BCUT2D eigenvalue weighted by atomic mass is 19.1. The van der Waals surface area contributed by atoms with Crippen molar-refractivity contribution in [3.63, 3.8) is 0 Å². The molecule has 1 aliphatic carbocycles. The zero-order chi connectivity index (χ0) is 17.3. The van der Waals surface area contributed by atoms with Crippen molar-refractivity contribution in [2.75, 3.05) is 0 Å². The van der Waals surface area contributed by atoms with Crippen molar-refractivity contribution in [1.29, 1.82) is 0 Å². The third-order valence-electron chi connectivity index (χ3n) is 4.13. The molecule has 0 bridgehead atoms. The van der Waals surface area contributed by atoms with Gasteiger partial charge in [-0.05, 0) is 49.6 Å². The third-order valence-corrected chi connectivity index (χ3v) is 4.13. The summed E-state index contributed by atoms with van der Waals surface area (Å²) < 4.78 is 13.4. The number of nitrogens with zero attached hydrogens (tertiary/aromatic N) is 2. The first-order valence-electron chi connectivity index (χ1n) is 7.76. The number of rotatable bonds is 5. The Morgan fingerprint density at radius 1 is 1.29 bits per heavy atom. The van der Waals surface area contributed by atoms with Crippen molar-refractivity contribution in [1.82, 2.24) is 4.90 Å². The van der Waals surface area contributed by atoms with E-state index in [9.17, 15) is 19.3 Å². The van der Waals surface area contributed by atoms with Crippen LogP contribution in [0.3, 0.4) is 0 Å². The molecule has 1 amide bonds. The van der Waals surface area contributed by atoms with Gasteiger partial charge in [0.15, 0.2) is 0 Å². The molecule has 0 heterocycles. The lowest BCUT2D eigenvalue weighted by atomic mass is 10.1. The molecule has 3 rings (SSSR count). The van der Waals surface area contributed by atoms with Crippen LogP contribution < -0.4 is 0 Å². The van der Waals surface area contributed by atoms with Gasteiger partial charge in [-0.1, -0.05) is 12.1 Å². The molecule has 0 aromatic heterocycles. The number of hydrogen-bond acceptors (Lipinski definition) is 3. The summed E-state index contributed by atoms with van der Waals surface area (Å²) in [6.07, 6.45) is 1.85. The van der Waals surface area contributed by atoms with Gasteiger partial charge >= 0.3 is 0 Å². The van der Waals surface area contributed by atoms with E-state index in [1.54, 1.807) is 30.0 Å². The number of aryl methyl sites for hydroxylation is 1. The Kier molecular flexibility index (Phi) is 4.29. The number of carbonyl (C=O) groups is 1. The Balaban J connectivity index is 1.85. The predicted molar refractivity (Wildman–Crippen MR) is 87.1 cm³/mol. The SMILES string of the molecule is Cc1cc(C(=O)N(Cc2cccc(F)c2)C2CC2)ccc1[N+](=O)[O-]. The molecule has 0 radical (unpaired) electrons. The highest BCUT2D eigenvalue weighted by Crippen LogP contribution is 2.30. The summed E-state index contributed by atoms with van der Waals surface area (Å²) >= 11 is 0. The molecular weight excluding hydrogens is 311 g/mol. The van der Waals surface area contributed by atoms with Gasteiger partial charge in [-0.15, -0.1) is 0 Å². The quantitative estimate of drug-likeness (QED) is 0.618. The van der Waals surface area contributed by atoms with E-state index in [0.717, 1.165) is 18.4 Å². The minimum atomic E-state index is -0.463. The third kappa shape index (κ3) is 3.42. The lowest BCUT2D eigenvalue weighted by Gasteiger charge is -2.23. The highest BCUT2D eigenvalue weighted by Gasteiger charge is 2.33. The van der Waals surface area contributed by atoms with E-state index in [1.807, 2.05) is 0 Å². The first-order chi connectivity index (χ1) is 11.5. The maximum atomic E-state index is 13.4. The van der Waals surface area contributed by atoms with Crippen molar-refractivity contribution in [2.45, 2.75) is 32.4 Å². The van der Waals surface area contributed by atoms with Gasteiger partial charge in [-0.3, -0.25) is 14.9 Å². The number of amides is 1. The molecule has 0 spiro atoms. The smallest absolute Gasteiger partial charge is 0.272 e. The largest absolute Gasteiger partial charge is 0.331 e. The maximum absolute atomic E-state index is 13.4. The molecule has 5 nitrogen and oxygen atoms in total. The van der Waals surface area contributed by atoms with Crippen LogP contribution >= 0.6 is 0 Å². The van der Waals surface area contributed by atoms with E-state index < -0.39 is 4.92 Å². The molecule has 1 fully saturated rings. The van der Waals surface area contributed by atoms with Gasteiger partial charge in [-0.25, -0.2) is 4.39 Å². The van der Waals surface area contributed by atoms with E-state index in [2.05, 4.69) is 0 Å².